The van der Waals surface area contributed by atoms with Gasteiger partial charge in [-0.2, -0.15) is 5.26 Å². The van der Waals surface area contributed by atoms with Crippen LogP contribution in [0.25, 0.3) is 10.9 Å². The number of fused-ring (bicyclic) bond motifs is 1. The number of nitrogens with zero attached hydrogens (tertiary/aromatic N) is 2. The third-order valence-corrected chi connectivity index (χ3v) is 4.26. The molecule has 1 heterocycles. The van der Waals surface area contributed by atoms with Crippen molar-refractivity contribution in [2.24, 2.45) is 4.99 Å². The number of hydrogen-bond acceptors (Lipinski definition) is 2. The molecule has 0 spiro atoms. The first-order valence-electron chi connectivity index (χ1n) is 8.49. The number of nitriles is 1. The molecule has 0 aliphatic carbocycles. The van der Waals surface area contributed by atoms with Crippen LogP contribution in [0.4, 0.5) is 8.78 Å². The molecule has 27 heavy (non-hydrogen) atoms. The minimum absolute atomic E-state index is 0.216. The molecule has 138 valence electrons. The van der Waals surface area contributed by atoms with Crippen molar-refractivity contribution < 1.29 is 8.78 Å². The van der Waals surface area contributed by atoms with Crippen molar-refractivity contribution in [3.63, 3.8) is 0 Å². The van der Waals surface area contributed by atoms with Crippen LogP contribution in [0.15, 0.2) is 47.6 Å². The van der Waals surface area contributed by atoms with Gasteiger partial charge in [-0.3, -0.25) is 4.99 Å². The van der Waals surface area contributed by atoms with Gasteiger partial charge in [0.2, 0.25) is 0 Å². The van der Waals surface area contributed by atoms with Crippen molar-refractivity contribution in [3.8, 4) is 6.07 Å². The molecule has 0 unspecified atom stereocenters. The van der Waals surface area contributed by atoms with Crippen molar-refractivity contribution in [1.82, 2.24) is 15.6 Å². The van der Waals surface area contributed by atoms with Crippen molar-refractivity contribution in [3.05, 3.63) is 70.9 Å². The van der Waals surface area contributed by atoms with E-state index in [2.05, 4.69) is 20.6 Å². The highest BCUT2D eigenvalue weighted by Crippen LogP contribution is 2.19. The fraction of sp³-hybridized carbons (Fsp3) is 0.200. The molecule has 0 aliphatic heterocycles. The van der Waals surface area contributed by atoms with E-state index in [1.165, 1.54) is 30.3 Å². The Morgan fingerprint density at radius 3 is 2.78 bits per heavy atom. The molecule has 2 aromatic carbocycles. The lowest BCUT2D eigenvalue weighted by Crippen LogP contribution is -2.38. The summed E-state index contributed by atoms with van der Waals surface area (Å²) in [5.41, 5.74) is 2.64. The number of benzene rings is 2. The summed E-state index contributed by atoms with van der Waals surface area (Å²) in [5, 5.41) is 16.1. The molecule has 3 rings (SSSR count). The van der Waals surface area contributed by atoms with E-state index in [1.54, 1.807) is 13.1 Å². The highest BCUT2D eigenvalue weighted by Gasteiger charge is 2.07. The summed E-state index contributed by atoms with van der Waals surface area (Å²) >= 11 is 0. The van der Waals surface area contributed by atoms with Gasteiger partial charge in [0, 0.05) is 42.8 Å². The lowest BCUT2D eigenvalue weighted by atomic mass is 10.1. The van der Waals surface area contributed by atoms with Gasteiger partial charge in [0.1, 0.15) is 11.6 Å². The molecule has 0 aliphatic rings. The maximum Gasteiger partial charge on any atom is 0.191 e. The molecule has 0 atom stereocenters. The molecule has 7 heteroatoms. The van der Waals surface area contributed by atoms with E-state index in [9.17, 15) is 8.78 Å². The monoisotopic (exact) mass is 367 g/mol. The van der Waals surface area contributed by atoms with Crippen LogP contribution in [0.1, 0.15) is 16.7 Å². The number of aromatic nitrogens is 1. The van der Waals surface area contributed by atoms with E-state index < -0.39 is 0 Å². The van der Waals surface area contributed by atoms with Crippen LogP contribution >= 0.6 is 0 Å². The minimum Gasteiger partial charge on any atom is -0.361 e. The molecule has 0 saturated heterocycles. The van der Waals surface area contributed by atoms with E-state index in [1.807, 2.05) is 12.3 Å². The highest BCUT2D eigenvalue weighted by molar-refractivity contribution is 5.83. The molecule has 0 fully saturated rings. The molecule has 0 saturated carbocycles. The first-order valence-corrected chi connectivity index (χ1v) is 8.49. The van der Waals surface area contributed by atoms with E-state index >= 15 is 0 Å². The third-order valence-electron chi connectivity index (χ3n) is 4.26. The van der Waals surface area contributed by atoms with E-state index in [0.29, 0.717) is 30.1 Å². The molecular formula is C20H19F2N5. The topological polar surface area (TPSA) is 76.0 Å². The van der Waals surface area contributed by atoms with E-state index in [4.69, 9.17) is 5.26 Å². The summed E-state index contributed by atoms with van der Waals surface area (Å²) in [6.07, 6.45) is 2.58. The van der Waals surface area contributed by atoms with Crippen molar-refractivity contribution in [2.45, 2.75) is 13.0 Å². The van der Waals surface area contributed by atoms with Crippen LogP contribution in [0.2, 0.25) is 0 Å². The molecular weight excluding hydrogens is 348 g/mol. The van der Waals surface area contributed by atoms with Crippen molar-refractivity contribution in [1.29, 1.82) is 5.26 Å². The molecule has 3 N–H and O–H groups in total. The Morgan fingerprint density at radius 1 is 1.15 bits per heavy atom. The zero-order valence-corrected chi connectivity index (χ0v) is 14.8. The molecule has 5 nitrogen and oxygen atoms in total. The van der Waals surface area contributed by atoms with Crippen LogP contribution in [0.5, 0.6) is 0 Å². The van der Waals surface area contributed by atoms with Gasteiger partial charge in [-0.15, -0.1) is 0 Å². The van der Waals surface area contributed by atoms with Gasteiger partial charge in [-0.25, -0.2) is 8.78 Å². The largest absolute Gasteiger partial charge is 0.361 e. The third kappa shape index (κ3) is 4.42. The first-order chi connectivity index (χ1) is 13.1. The average molecular weight is 367 g/mol. The van der Waals surface area contributed by atoms with Crippen LogP contribution in [0, 0.1) is 23.0 Å². The summed E-state index contributed by atoms with van der Waals surface area (Å²) in [6, 6.07) is 10.9. The van der Waals surface area contributed by atoms with Crippen molar-refractivity contribution >= 4 is 16.9 Å². The number of aliphatic imine (C=N–C) groups is 1. The number of rotatable bonds is 5. The quantitative estimate of drug-likeness (QED) is 0.479. The maximum atomic E-state index is 13.8. The fourth-order valence-corrected chi connectivity index (χ4v) is 2.86. The van der Waals surface area contributed by atoms with Crippen LogP contribution < -0.4 is 10.6 Å². The molecule has 0 bridgehead atoms. The fourth-order valence-electron chi connectivity index (χ4n) is 2.86. The lowest BCUT2D eigenvalue weighted by Gasteiger charge is -2.12. The Morgan fingerprint density at radius 2 is 2.00 bits per heavy atom. The number of aromatic amines is 1. The van der Waals surface area contributed by atoms with Gasteiger partial charge < -0.3 is 15.6 Å². The van der Waals surface area contributed by atoms with Crippen LogP contribution in [0.3, 0.4) is 0 Å². The first kappa shape index (κ1) is 18.4. The predicted molar refractivity (Wildman–Crippen MR) is 101 cm³/mol. The van der Waals surface area contributed by atoms with Crippen LogP contribution in [-0.4, -0.2) is 24.5 Å². The summed E-state index contributed by atoms with van der Waals surface area (Å²) in [4.78, 5) is 7.18. The number of nitrogens with one attached hydrogen (secondary N) is 3. The van der Waals surface area contributed by atoms with Gasteiger partial charge in [0.05, 0.1) is 11.6 Å². The van der Waals surface area contributed by atoms with Gasteiger partial charge in [-0.05, 0) is 48.4 Å². The lowest BCUT2D eigenvalue weighted by molar-refractivity contribution is 0.604. The minimum atomic E-state index is -0.372. The summed E-state index contributed by atoms with van der Waals surface area (Å²) < 4.78 is 27.1. The van der Waals surface area contributed by atoms with Gasteiger partial charge >= 0.3 is 0 Å². The Labute approximate surface area is 155 Å². The van der Waals surface area contributed by atoms with Crippen LogP contribution in [-0.2, 0) is 13.0 Å². The van der Waals surface area contributed by atoms with Gasteiger partial charge in [0.15, 0.2) is 5.96 Å². The normalized spacial score (nSPS) is 11.4. The SMILES string of the molecule is CN=C(NCCc1c[nH]c2cc(F)ccc12)NCc1cc(C#N)ccc1F. The predicted octanol–water partition coefficient (Wildman–Crippen LogP) is 3.23. The molecule has 0 amide bonds. The second kappa shape index (κ2) is 8.32. The van der Waals surface area contributed by atoms with E-state index in [0.717, 1.165) is 16.5 Å². The Balaban J connectivity index is 1.56. The summed E-state index contributed by atoms with van der Waals surface area (Å²) in [7, 11) is 1.63. The zero-order chi connectivity index (χ0) is 19.2. The second-order valence-corrected chi connectivity index (χ2v) is 6.02. The Hall–Kier alpha value is -3.40. The zero-order valence-electron chi connectivity index (χ0n) is 14.8. The van der Waals surface area contributed by atoms with Gasteiger partial charge in [-0.1, -0.05) is 0 Å². The number of halogens is 2. The highest BCUT2D eigenvalue weighted by atomic mass is 19.1. The molecule has 1 aromatic heterocycles. The molecule has 0 radical (unpaired) electrons. The number of hydrogen-bond donors (Lipinski definition) is 3. The second-order valence-electron chi connectivity index (χ2n) is 6.02. The standard InChI is InChI=1S/C20H19F2N5/c1-24-20(27-12-15-8-13(10-23)2-5-18(15)22)25-7-6-14-11-26-19-9-16(21)3-4-17(14)19/h2-5,8-9,11,26H,6-7,12H2,1H3,(H2,24,25,27). The van der Waals surface area contributed by atoms with Crippen molar-refractivity contribution in [2.75, 3.05) is 13.6 Å². The summed E-state index contributed by atoms with van der Waals surface area (Å²) in [5.74, 6) is -0.114. The Kier molecular flexibility index (Phi) is 5.67. The number of H-pyrrole nitrogens is 1. The maximum absolute atomic E-state index is 13.8. The summed E-state index contributed by atoms with van der Waals surface area (Å²) in [6.45, 7) is 0.818. The number of guanidine groups is 1. The Bertz CT molecular complexity index is 1020. The molecule has 3 aromatic rings. The smallest absolute Gasteiger partial charge is 0.191 e. The van der Waals surface area contributed by atoms with E-state index in [-0.39, 0.29) is 18.2 Å². The van der Waals surface area contributed by atoms with Gasteiger partial charge in [0.25, 0.3) is 0 Å². The average Bonchev–Trinajstić information content (AvgIpc) is 3.07.